The number of aromatic nitrogens is 2. The molecule has 0 radical (unpaired) electrons. The Morgan fingerprint density at radius 3 is 2.59 bits per heavy atom. The van der Waals surface area contributed by atoms with Gasteiger partial charge in [-0.15, -0.1) is 0 Å². The van der Waals surface area contributed by atoms with Crippen molar-refractivity contribution in [2.75, 3.05) is 11.4 Å². The summed E-state index contributed by atoms with van der Waals surface area (Å²) in [6.07, 6.45) is 6.82. The van der Waals surface area contributed by atoms with Crippen molar-refractivity contribution in [3.8, 4) is 0 Å². The van der Waals surface area contributed by atoms with Crippen LogP contribution in [-0.4, -0.2) is 28.1 Å². The zero-order chi connectivity index (χ0) is 20.6. The molecular formula is C23H30N4O2. The Bertz CT molecular complexity index is 908. The number of hydrogen-bond acceptors (Lipinski definition) is 3. The van der Waals surface area contributed by atoms with E-state index in [0.29, 0.717) is 12.8 Å². The van der Waals surface area contributed by atoms with Crippen LogP contribution in [0.2, 0.25) is 0 Å². The Morgan fingerprint density at radius 1 is 1.17 bits per heavy atom. The highest BCUT2D eigenvalue weighted by Gasteiger charge is 2.29. The van der Waals surface area contributed by atoms with Gasteiger partial charge >= 0.3 is 0 Å². The number of nitrogens with zero attached hydrogens (tertiary/aromatic N) is 3. The standard InChI is InChI=1S/C23H30N4O2/c1-23(2,3)27-20-7-4-6-19(18(20)15-24-27)25-21(28)14-16-9-11-17(12-10-16)26-13-5-8-22(26)29/h9-12,15,19H,4-8,13-14H2,1-3H3,(H,25,28)/t19-/m1/s1. The molecular weight excluding hydrogens is 364 g/mol. The Morgan fingerprint density at radius 2 is 1.93 bits per heavy atom. The Balaban J connectivity index is 1.41. The number of amides is 2. The second-order valence-electron chi connectivity index (χ2n) is 9.13. The Hall–Kier alpha value is -2.63. The number of benzene rings is 1. The summed E-state index contributed by atoms with van der Waals surface area (Å²) in [6.45, 7) is 7.25. The first-order valence-electron chi connectivity index (χ1n) is 10.6. The van der Waals surface area contributed by atoms with Gasteiger partial charge in [0.1, 0.15) is 0 Å². The highest BCUT2D eigenvalue weighted by Crippen LogP contribution is 2.32. The van der Waals surface area contributed by atoms with Crippen LogP contribution in [0.5, 0.6) is 0 Å². The molecule has 0 bridgehead atoms. The Kier molecular flexibility index (Phi) is 5.19. The number of hydrogen-bond donors (Lipinski definition) is 1. The normalized spacial score (nSPS) is 19.3. The monoisotopic (exact) mass is 394 g/mol. The molecule has 1 fully saturated rings. The maximum Gasteiger partial charge on any atom is 0.227 e. The van der Waals surface area contributed by atoms with E-state index in [0.717, 1.165) is 49.0 Å². The fourth-order valence-corrected chi connectivity index (χ4v) is 4.43. The molecule has 1 aliphatic carbocycles. The van der Waals surface area contributed by atoms with Gasteiger partial charge in [0, 0.05) is 29.9 Å². The van der Waals surface area contributed by atoms with E-state index in [2.05, 4.69) is 35.9 Å². The fourth-order valence-electron chi connectivity index (χ4n) is 4.43. The van der Waals surface area contributed by atoms with Gasteiger partial charge in [-0.2, -0.15) is 5.10 Å². The van der Waals surface area contributed by atoms with Gasteiger partial charge in [-0.05, 0) is 64.2 Å². The molecule has 0 unspecified atom stereocenters. The van der Waals surface area contributed by atoms with Crippen molar-refractivity contribution < 1.29 is 9.59 Å². The predicted octanol–water partition coefficient (Wildman–Crippen LogP) is 3.50. The summed E-state index contributed by atoms with van der Waals surface area (Å²) >= 11 is 0. The first-order chi connectivity index (χ1) is 13.8. The minimum absolute atomic E-state index is 0.0244. The maximum absolute atomic E-state index is 12.7. The lowest BCUT2D eigenvalue weighted by atomic mass is 9.92. The van der Waals surface area contributed by atoms with E-state index in [-0.39, 0.29) is 23.4 Å². The number of anilines is 1. The summed E-state index contributed by atoms with van der Waals surface area (Å²) in [6, 6.07) is 7.81. The molecule has 1 aromatic heterocycles. The van der Waals surface area contributed by atoms with Crippen molar-refractivity contribution in [2.45, 2.75) is 70.9 Å². The van der Waals surface area contributed by atoms with Crippen molar-refractivity contribution in [3.05, 3.63) is 47.3 Å². The van der Waals surface area contributed by atoms with Crippen LogP contribution in [0.3, 0.4) is 0 Å². The van der Waals surface area contributed by atoms with Crippen LogP contribution >= 0.6 is 0 Å². The predicted molar refractivity (Wildman–Crippen MR) is 113 cm³/mol. The van der Waals surface area contributed by atoms with Crippen LogP contribution in [-0.2, 0) is 28.0 Å². The molecule has 6 heteroatoms. The first-order valence-corrected chi connectivity index (χ1v) is 10.6. The van der Waals surface area contributed by atoms with Crippen LogP contribution in [0, 0.1) is 0 Å². The van der Waals surface area contributed by atoms with E-state index in [1.165, 1.54) is 5.69 Å². The highest BCUT2D eigenvalue weighted by atomic mass is 16.2. The summed E-state index contributed by atoms with van der Waals surface area (Å²) in [4.78, 5) is 26.4. The van der Waals surface area contributed by atoms with Gasteiger partial charge in [-0.1, -0.05) is 12.1 Å². The maximum atomic E-state index is 12.7. The third-order valence-corrected chi connectivity index (χ3v) is 5.84. The molecule has 0 saturated carbocycles. The van der Waals surface area contributed by atoms with Gasteiger partial charge < -0.3 is 10.2 Å². The van der Waals surface area contributed by atoms with Gasteiger partial charge in [0.15, 0.2) is 0 Å². The van der Waals surface area contributed by atoms with Crippen LogP contribution in [0.1, 0.15) is 69.3 Å². The van der Waals surface area contributed by atoms with Gasteiger partial charge in [-0.3, -0.25) is 14.3 Å². The van der Waals surface area contributed by atoms with E-state index in [4.69, 9.17) is 0 Å². The molecule has 4 rings (SSSR count). The van der Waals surface area contributed by atoms with E-state index >= 15 is 0 Å². The molecule has 1 aliphatic heterocycles. The summed E-state index contributed by atoms with van der Waals surface area (Å²) in [5.74, 6) is 0.204. The average molecular weight is 395 g/mol. The minimum atomic E-state index is -0.0576. The van der Waals surface area contributed by atoms with E-state index < -0.39 is 0 Å². The second kappa shape index (κ2) is 7.65. The first kappa shape index (κ1) is 19.7. The number of carbonyl (C=O) groups is 2. The molecule has 2 amide bonds. The van der Waals surface area contributed by atoms with Crippen molar-refractivity contribution in [3.63, 3.8) is 0 Å². The number of fused-ring (bicyclic) bond motifs is 1. The fraction of sp³-hybridized carbons (Fsp3) is 0.522. The van der Waals surface area contributed by atoms with Crippen molar-refractivity contribution in [1.82, 2.24) is 15.1 Å². The summed E-state index contributed by atoms with van der Waals surface area (Å²) in [5, 5.41) is 7.81. The summed E-state index contributed by atoms with van der Waals surface area (Å²) in [5.41, 5.74) is 4.22. The Labute approximate surface area is 172 Å². The smallest absolute Gasteiger partial charge is 0.227 e. The molecule has 29 heavy (non-hydrogen) atoms. The van der Waals surface area contributed by atoms with Crippen LogP contribution in [0.15, 0.2) is 30.5 Å². The molecule has 1 aromatic carbocycles. The lowest BCUT2D eigenvalue weighted by molar-refractivity contribution is -0.121. The topological polar surface area (TPSA) is 67.2 Å². The van der Waals surface area contributed by atoms with Gasteiger partial charge in [0.2, 0.25) is 11.8 Å². The summed E-state index contributed by atoms with van der Waals surface area (Å²) < 4.78 is 2.10. The van der Waals surface area contributed by atoms with Crippen molar-refractivity contribution in [1.29, 1.82) is 0 Å². The average Bonchev–Trinajstić information content (AvgIpc) is 3.29. The van der Waals surface area contributed by atoms with Gasteiger partial charge in [-0.25, -0.2) is 0 Å². The number of rotatable bonds is 4. The van der Waals surface area contributed by atoms with E-state index in [9.17, 15) is 9.59 Å². The van der Waals surface area contributed by atoms with Gasteiger partial charge in [0.25, 0.3) is 0 Å². The summed E-state index contributed by atoms with van der Waals surface area (Å²) in [7, 11) is 0. The number of nitrogens with one attached hydrogen (secondary N) is 1. The van der Waals surface area contributed by atoms with Crippen LogP contribution < -0.4 is 10.2 Å². The molecule has 2 aliphatic rings. The van der Waals surface area contributed by atoms with Gasteiger partial charge in [0.05, 0.1) is 24.2 Å². The third kappa shape index (κ3) is 4.07. The quantitative estimate of drug-likeness (QED) is 0.863. The number of carbonyl (C=O) groups excluding carboxylic acids is 2. The molecule has 1 atom stereocenters. The van der Waals surface area contributed by atoms with Crippen LogP contribution in [0.25, 0.3) is 0 Å². The molecule has 1 N–H and O–H groups in total. The zero-order valence-corrected chi connectivity index (χ0v) is 17.6. The molecule has 2 aromatic rings. The molecule has 154 valence electrons. The molecule has 6 nitrogen and oxygen atoms in total. The zero-order valence-electron chi connectivity index (χ0n) is 17.6. The highest BCUT2D eigenvalue weighted by molar-refractivity contribution is 5.95. The molecule has 1 saturated heterocycles. The van der Waals surface area contributed by atoms with E-state index in [1.54, 1.807) is 0 Å². The lowest BCUT2D eigenvalue weighted by Crippen LogP contribution is -2.33. The van der Waals surface area contributed by atoms with Crippen molar-refractivity contribution in [2.24, 2.45) is 0 Å². The lowest BCUT2D eigenvalue weighted by Gasteiger charge is -2.28. The minimum Gasteiger partial charge on any atom is -0.349 e. The van der Waals surface area contributed by atoms with E-state index in [1.807, 2.05) is 35.4 Å². The largest absolute Gasteiger partial charge is 0.349 e. The van der Waals surface area contributed by atoms with Crippen LogP contribution in [0.4, 0.5) is 5.69 Å². The SMILES string of the molecule is CC(C)(C)n1ncc2c1CCC[C@H]2NC(=O)Cc1ccc(N2CCCC2=O)cc1. The van der Waals surface area contributed by atoms with Crippen molar-refractivity contribution >= 4 is 17.5 Å². The molecule has 2 heterocycles. The third-order valence-electron chi connectivity index (χ3n) is 5.84. The molecule has 0 spiro atoms. The second-order valence-corrected chi connectivity index (χ2v) is 9.13.